The Morgan fingerprint density at radius 3 is 1.50 bits per heavy atom. The van der Waals surface area contributed by atoms with Crippen LogP contribution in [0.3, 0.4) is 0 Å². The SMILES string of the molecule is CCNNC(=O)/C=C/c1ccc(/C=C/C(=O)NNCC)cc1. The van der Waals surface area contributed by atoms with Gasteiger partial charge in [0.1, 0.15) is 0 Å². The third kappa shape index (κ3) is 7.37. The highest BCUT2D eigenvalue weighted by Crippen LogP contribution is 2.07. The minimum Gasteiger partial charge on any atom is -0.288 e. The van der Waals surface area contributed by atoms with Crippen molar-refractivity contribution >= 4 is 24.0 Å². The van der Waals surface area contributed by atoms with Gasteiger partial charge in [-0.25, -0.2) is 10.9 Å². The lowest BCUT2D eigenvalue weighted by Gasteiger charge is -2.01. The van der Waals surface area contributed by atoms with Crippen LogP contribution < -0.4 is 21.7 Å². The molecule has 22 heavy (non-hydrogen) atoms. The van der Waals surface area contributed by atoms with E-state index in [1.165, 1.54) is 12.2 Å². The van der Waals surface area contributed by atoms with Gasteiger partial charge >= 0.3 is 0 Å². The Hall–Kier alpha value is -2.44. The zero-order valence-corrected chi connectivity index (χ0v) is 12.8. The molecule has 0 heterocycles. The maximum absolute atomic E-state index is 11.4. The number of hydrazine groups is 2. The third-order valence-electron chi connectivity index (χ3n) is 2.57. The number of nitrogens with one attached hydrogen (secondary N) is 4. The van der Waals surface area contributed by atoms with Crippen molar-refractivity contribution in [2.45, 2.75) is 13.8 Å². The molecule has 1 aromatic rings. The highest BCUT2D eigenvalue weighted by atomic mass is 16.2. The number of amides is 2. The molecule has 0 aliphatic rings. The Morgan fingerprint density at radius 2 is 1.18 bits per heavy atom. The summed E-state index contributed by atoms with van der Waals surface area (Å²) < 4.78 is 0. The molecule has 0 aliphatic carbocycles. The second-order valence-corrected chi connectivity index (χ2v) is 4.37. The predicted octanol–water partition coefficient (Wildman–Crippen LogP) is 0.994. The third-order valence-corrected chi connectivity index (χ3v) is 2.57. The standard InChI is InChI=1S/C16H22N4O2/c1-3-17-19-15(21)11-9-13-5-7-14(8-6-13)10-12-16(22)20-18-4-2/h5-12,17-18H,3-4H2,1-2H3,(H,19,21)(H,20,22)/b11-9+,12-10+. The molecule has 0 fully saturated rings. The van der Waals surface area contributed by atoms with Crippen LogP contribution in [0.15, 0.2) is 36.4 Å². The number of hydrogen-bond acceptors (Lipinski definition) is 4. The van der Waals surface area contributed by atoms with E-state index in [9.17, 15) is 9.59 Å². The number of carbonyl (C=O) groups is 2. The molecule has 2 amide bonds. The van der Waals surface area contributed by atoms with E-state index in [1.54, 1.807) is 12.2 Å². The average molecular weight is 302 g/mol. The first-order chi connectivity index (χ1) is 10.7. The average Bonchev–Trinajstić information content (AvgIpc) is 2.55. The number of benzene rings is 1. The molecule has 6 heteroatoms. The zero-order valence-electron chi connectivity index (χ0n) is 12.8. The first-order valence-corrected chi connectivity index (χ1v) is 7.17. The summed E-state index contributed by atoms with van der Waals surface area (Å²) in [6.45, 7) is 5.13. The van der Waals surface area contributed by atoms with Gasteiger partial charge < -0.3 is 0 Å². The number of hydrogen-bond donors (Lipinski definition) is 4. The summed E-state index contributed by atoms with van der Waals surface area (Å²) in [5.41, 5.74) is 12.3. The maximum Gasteiger partial charge on any atom is 0.258 e. The van der Waals surface area contributed by atoms with E-state index in [0.717, 1.165) is 11.1 Å². The molecule has 0 atom stereocenters. The van der Waals surface area contributed by atoms with E-state index in [4.69, 9.17) is 0 Å². The quantitative estimate of drug-likeness (QED) is 0.426. The number of rotatable bonds is 8. The van der Waals surface area contributed by atoms with Crippen molar-refractivity contribution in [1.29, 1.82) is 0 Å². The zero-order chi connectivity index (χ0) is 16.2. The maximum atomic E-state index is 11.4. The van der Waals surface area contributed by atoms with E-state index in [0.29, 0.717) is 13.1 Å². The molecule has 0 spiro atoms. The van der Waals surface area contributed by atoms with Gasteiger partial charge in [0.25, 0.3) is 11.8 Å². The lowest BCUT2D eigenvalue weighted by molar-refractivity contribution is -0.118. The van der Waals surface area contributed by atoms with Gasteiger partial charge in [-0.1, -0.05) is 38.1 Å². The highest BCUT2D eigenvalue weighted by Gasteiger charge is 1.95. The summed E-state index contributed by atoms with van der Waals surface area (Å²) in [6, 6.07) is 7.50. The fourth-order valence-corrected chi connectivity index (χ4v) is 1.50. The molecule has 0 saturated carbocycles. The van der Waals surface area contributed by atoms with Crippen LogP contribution >= 0.6 is 0 Å². The normalized spacial score (nSPS) is 11.0. The molecule has 4 N–H and O–H groups in total. The summed E-state index contributed by atoms with van der Waals surface area (Å²) in [6.07, 6.45) is 6.35. The molecule has 1 rings (SSSR count). The molecule has 0 unspecified atom stereocenters. The van der Waals surface area contributed by atoms with E-state index >= 15 is 0 Å². The van der Waals surface area contributed by atoms with Crippen LogP contribution in [0.2, 0.25) is 0 Å². The second-order valence-electron chi connectivity index (χ2n) is 4.37. The topological polar surface area (TPSA) is 82.3 Å². The Morgan fingerprint density at radius 1 is 0.818 bits per heavy atom. The van der Waals surface area contributed by atoms with Gasteiger partial charge in [0, 0.05) is 25.2 Å². The van der Waals surface area contributed by atoms with Gasteiger partial charge in [-0.15, -0.1) is 0 Å². The van der Waals surface area contributed by atoms with Crippen LogP contribution in [-0.2, 0) is 9.59 Å². The minimum absolute atomic E-state index is 0.203. The van der Waals surface area contributed by atoms with Crippen molar-refractivity contribution in [2.75, 3.05) is 13.1 Å². The van der Waals surface area contributed by atoms with Gasteiger partial charge in [0.2, 0.25) is 0 Å². The van der Waals surface area contributed by atoms with Crippen LogP contribution in [0.5, 0.6) is 0 Å². The summed E-state index contributed by atoms with van der Waals surface area (Å²) in [7, 11) is 0. The van der Waals surface area contributed by atoms with Crippen molar-refractivity contribution < 1.29 is 9.59 Å². The van der Waals surface area contributed by atoms with Crippen LogP contribution in [0.4, 0.5) is 0 Å². The van der Waals surface area contributed by atoms with E-state index in [-0.39, 0.29) is 11.8 Å². The van der Waals surface area contributed by atoms with Crippen molar-refractivity contribution in [1.82, 2.24) is 21.7 Å². The molecule has 0 aromatic heterocycles. The fourth-order valence-electron chi connectivity index (χ4n) is 1.50. The van der Waals surface area contributed by atoms with Gasteiger partial charge in [0.05, 0.1) is 0 Å². The van der Waals surface area contributed by atoms with E-state index in [1.807, 2.05) is 38.1 Å². The van der Waals surface area contributed by atoms with Gasteiger partial charge in [-0.2, -0.15) is 0 Å². The lowest BCUT2D eigenvalue weighted by Crippen LogP contribution is -2.35. The van der Waals surface area contributed by atoms with Crippen LogP contribution in [0.1, 0.15) is 25.0 Å². The predicted molar refractivity (Wildman–Crippen MR) is 88.1 cm³/mol. The van der Waals surface area contributed by atoms with Crippen molar-refractivity contribution in [3.05, 3.63) is 47.5 Å². The molecule has 0 aliphatic heterocycles. The summed E-state index contributed by atoms with van der Waals surface area (Å²) >= 11 is 0. The van der Waals surface area contributed by atoms with Crippen molar-refractivity contribution in [2.24, 2.45) is 0 Å². The Kier molecular flexibility index (Phi) is 8.25. The molecular weight excluding hydrogens is 280 g/mol. The van der Waals surface area contributed by atoms with E-state index in [2.05, 4.69) is 21.7 Å². The van der Waals surface area contributed by atoms with Gasteiger partial charge in [-0.3, -0.25) is 20.4 Å². The molecule has 0 bridgehead atoms. The first-order valence-electron chi connectivity index (χ1n) is 7.17. The van der Waals surface area contributed by atoms with Crippen molar-refractivity contribution in [3.63, 3.8) is 0 Å². The number of carbonyl (C=O) groups excluding carboxylic acids is 2. The molecular formula is C16H22N4O2. The first kappa shape index (κ1) is 17.6. The summed E-state index contributed by atoms with van der Waals surface area (Å²) in [4.78, 5) is 22.8. The molecule has 1 aromatic carbocycles. The summed E-state index contributed by atoms with van der Waals surface area (Å²) in [5, 5.41) is 0. The monoisotopic (exact) mass is 302 g/mol. The largest absolute Gasteiger partial charge is 0.288 e. The molecule has 0 radical (unpaired) electrons. The Bertz CT molecular complexity index is 487. The summed E-state index contributed by atoms with van der Waals surface area (Å²) in [5.74, 6) is -0.406. The molecule has 6 nitrogen and oxygen atoms in total. The fraction of sp³-hybridized carbons (Fsp3) is 0.250. The Balaban J connectivity index is 2.52. The lowest BCUT2D eigenvalue weighted by atomic mass is 10.1. The van der Waals surface area contributed by atoms with Crippen molar-refractivity contribution in [3.8, 4) is 0 Å². The van der Waals surface area contributed by atoms with Crippen LogP contribution in [0.25, 0.3) is 12.2 Å². The van der Waals surface area contributed by atoms with Crippen LogP contribution in [-0.4, -0.2) is 24.9 Å². The smallest absolute Gasteiger partial charge is 0.258 e. The van der Waals surface area contributed by atoms with E-state index < -0.39 is 0 Å². The van der Waals surface area contributed by atoms with Crippen LogP contribution in [0, 0.1) is 0 Å². The second kappa shape index (κ2) is 10.3. The highest BCUT2D eigenvalue weighted by molar-refractivity contribution is 5.92. The van der Waals surface area contributed by atoms with Gasteiger partial charge in [0.15, 0.2) is 0 Å². The molecule has 0 saturated heterocycles. The Labute approximate surface area is 130 Å². The van der Waals surface area contributed by atoms with Gasteiger partial charge in [-0.05, 0) is 23.3 Å². The minimum atomic E-state index is -0.203. The molecule has 118 valence electrons.